The van der Waals surface area contributed by atoms with Crippen LogP contribution in [0.4, 0.5) is 30.7 Å². The third kappa shape index (κ3) is 1.23. The molecule has 1 aliphatic heterocycles. The van der Waals surface area contributed by atoms with Gasteiger partial charge in [0.2, 0.25) is 5.95 Å². The van der Waals surface area contributed by atoms with Crippen LogP contribution in [-0.2, 0) is 5.92 Å². The molecule has 0 unspecified atom stereocenters. The summed E-state index contributed by atoms with van der Waals surface area (Å²) in [5, 5.41) is -4.73. The molecule has 1 aliphatic rings. The van der Waals surface area contributed by atoms with Crippen LogP contribution in [0.1, 0.15) is 5.56 Å². The molecule has 2 rings (SSSR count). The highest BCUT2D eigenvalue weighted by atomic mass is 32.2. The molecule has 2 heterocycles. The van der Waals surface area contributed by atoms with Crippen molar-refractivity contribution in [1.29, 1.82) is 0 Å². The third-order valence-corrected chi connectivity index (χ3v) is 3.01. The molecule has 0 bridgehead atoms. The van der Waals surface area contributed by atoms with Crippen LogP contribution < -0.4 is 0 Å². The first-order valence-electron chi connectivity index (χ1n) is 3.68. The quantitative estimate of drug-likeness (QED) is 0.526. The van der Waals surface area contributed by atoms with Crippen LogP contribution in [0, 0.1) is 17.7 Å². The second-order valence-electron chi connectivity index (χ2n) is 2.90. The standard InChI is InChI=1S/C7F7NS/c8-2-1-3(5(10)15-4(2)9)16-7(13,14)6(1,11)12. The Morgan fingerprint density at radius 2 is 1.50 bits per heavy atom. The van der Waals surface area contributed by atoms with Crippen molar-refractivity contribution in [3.8, 4) is 0 Å². The van der Waals surface area contributed by atoms with E-state index in [1.807, 2.05) is 0 Å². The molecule has 9 heteroatoms. The molecule has 16 heavy (non-hydrogen) atoms. The van der Waals surface area contributed by atoms with Crippen molar-refractivity contribution in [3.63, 3.8) is 0 Å². The Kier molecular flexibility index (Phi) is 2.17. The van der Waals surface area contributed by atoms with Gasteiger partial charge in [-0.1, -0.05) is 0 Å². The van der Waals surface area contributed by atoms with E-state index in [-0.39, 0.29) is 0 Å². The first-order valence-corrected chi connectivity index (χ1v) is 4.49. The van der Waals surface area contributed by atoms with Crippen LogP contribution in [0.3, 0.4) is 0 Å². The van der Waals surface area contributed by atoms with E-state index < -0.39 is 51.1 Å². The van der Waals surface area contributed by atoms with Crippen molar-refractivity contribution in [3.05, 3.63) is 23.3 Å². The summed E-state index contributed by atoms with van der Waals surface area (Å²) in [6.45, 7) is 0. The average molecular weight is 263 g/mol. The van der Waals surface area contributed by atoms with Gasteiger partial charge in [0, 0.05) is 0 Å². The second-order valence-corrected chi connectivity index (χ2v) is 4.03. The maximum atomic E-state index is 13.0. The summed E-state index contributed by atoms with van der Waals surface area (Å²) < 4.78 is 89.6. The fourth-order valence-corrected chi connectivity index (χ4v) is 2.14. The van der Waals surface area contributed by atoms with E-state index >= 15 is 0 Å². The SMILES string of the molecule is Fc1nc(F)c2c(c1F)C(F)(F)C(F)(F)S2. The number of hydrogen-bond donors (Lipinski definition) is 0. The molecule has 1 nitrogen and oxygen atoms in total. The van der Waals surface area contributed by atoms with E-state index in [4.69, 9.17) is 0 Å². The lowest BCUT2D eigenvalue weighted by Gasteiger charge is -2.17. The van der Waals surface area contributed by atoms with Crippen LogP contribution in [0.15, 0.2) is 4.90 Å². The zero-order valence-electron chi connectivity index (χ0n) is 7.00. The van der Waals surface area contributed by atoms with Gasteiger partial charge >= 0.3 is 11.2 Å². The largest absolute Gasteiger partial charge is 0.365 e. The van der Waals surface area contributed by atoms with Gasteiger partial charge in [-0.05, 0) is 11.8 Å². The highest BCUT2D eigenvalue weighted by molar-refractivity contribution is 8.00. The number of halogens is 7. The minimum Gasteiger partial charge on any atom is -0.201 e. The lowest BCUT2D eigenvalue weighted by molar-refractivity contribution is -0.156. The Morgan fingerprint density at radius 3 is 2.06 bits per heavy atom. The normalized spacial score (nSPS) is 20.9. The average Bonchev–Trinajstić information content (AvgIpc) is 2.31. The van der Waals surface area contributed by atoms with Gasteiger partial charge in [-0.3, -0.25) is 0 Å². The van der Waals surface area contributed by atoms with Crippen LogP contribution in [0.5, 0.6) is 0 Å². The van der Waals surface area contributed by atoms with Crippen LogP contribution in [0.2, 0.25) is 0 Å². The van der Waals surface area contributed by atoms with E-state index in [0.717, 1.165) is 0 Å². The van der Waals surface area contributed by atoms with Crippen molar-refractivity contribution in [2.75, 3.05) is 0 Å². The van der Waals surface area contributed by atoms with Crippen molar-refractivity contribution < 1.29 is 30.7 Å². The molecular formula is C7F7NS. The van der Waals surface area contributed by atoms with Crippen molar-refractivity contribution in [2.45, 2.75) is 16.1 Å². The molecule has 0 saturated heterocycles. The summed E-state index contributed by atoms with van der Waals surface area (Å²) in [7, 11) is 0. The molecule has 1 aromatic heterocycles. The minimum atomic E-state index is -4.97. The maximum absolute atomic E-state index is 13.0. The fourth-order valence-electron chi connectivity index (χ4n) is 1.20. The van der Waals surface area contributed by atoms with Crippen LogP contribution in [0.25, 0.3) is 0 Å². The monoisotopic (exact) mass is 263 g/mol. The Morgan fingerprint density at radius 1 is 0.938 bits per heavy atom. The zero-order valence-corrected chi connectivity index (χ0v) is 7.82. The molecule has 88 valence electrons. The van der Waals surface area contributed by atoms with E-state index in [1.165, 1.54) is 0 Å². The molecule has 0 spiro atoms. The number of hydrogen-bond acceptors (Lipinski definition) is 2. The van der Waals surface area contributed by atoms with Gasteiger partial charge in [0.25, 0.3) is 5.95 Å². The highest BCUT2D eigenvalue weighted by Gasteiger charge is 2.67. The lowest BCUT2D eigenvalue weighted by atomic mass is 10.1. The molecule has 0 N–H and O–H groups in total. The number of fused-ring (bicyclic) bond motifs is 1. The zero-order chi connectivity index (χ0) is 12.3. The molecule has 0 aliphatic carbocycles. The molecule has 0 aromatic carbocycles. The molecule has 1 aromatic rings. The summed E-state index contributed by atoms with van der Waals surface area (Å²) in [6, 6.07) is 0. The minimum absolute atomic E-state index is 0.878. The van der Waals surface area contributed by atoms with Gasteiger partial charge in [-0.2, -0.15) is 31.3 Å². The van der Waals surface area contributed by atoms with Gasteiger partial charge < -0.3 is 0 Å². The number of alkyl halides is 4. The lowest BCUT2D eigenvalue weighted by Crippen LogP contribution is -2.31. The van der Waals surface area contributed by atoms with E-state index in [1.54, 1.807) is 0 Å². The predicted molar refractivity (Wildman–Crippen MR) is 38.8 cm³/mol. The van der Waals surface area contributed by atoms with E-state index in [2.05, 4.69) is 4.98 Å². The van der Waals surface area contributed by atoms with E-state index in [9.17, 15) is 30.7 Å². The maximum Gasteiger partial charge on any atom is 0.365 e. The Labute approximate surface area is 87.7 Å². The number of thioether (sulfide) groups is 1. The van der Waals surface area contributed by atoms with Crippen molar-refractivity contribution >= 4 is 11.8 Å². The third-order valence-electron chi connectivity index (χ3n) is 1.92. The Balaban J connectivity index is 2.79. The van der Waals surface area contributed by atoms with Crippen LogP contribution >= 0.6 is 11.8 Å². The van der Waals surface area contributed by atoms with Gasteiger partial charge in [0.1, 0.15) is 0 Å². The second kappa shape index (κ2) is 3.02. The number of aromatic nitrogens is 1. The van der Waals surface area contributed by atoms with Gasteiger partial charge in [-0.25, -0.2) is 4.39 Å². The summed E-state index contributed by atoms with van der Waals surface area (Å²) in [5.74, 6) is -11.3. The molecule has 0 saturated carbocycles. The summed E-state index contributed by atoms with van der Waals surface area (Å²) >= 11 is -0.878. The number of rotatable bonds is 0. The molecular weight excluding hydrogens is 263 g/mol. The summed E-state index contributed by atoms with van der Waals surface area (Å²) in [5.41, 5.74) is -1.98. The van der Waals surface area contributed by atoms with E-state index in [0.29, 0.717) is 0 Å². The predicted octanol–water partition coefficient (Wildman–Crippen LogP) is 3.29. The molecule has 0 radical (unpaired) electrons. The van der Waals surface area contributed by atoms with Crippen molar-refractivity contribution in [1.82, 2.24) is 4.98 Å². The summed E-state index contributed by atoms with van der Waals surface area (Å²) in [4.78, 5) is 0.913. The van der Waals surface area contributed by atoms with Crippen LogP contribution in [-0.4, -0.2) is 10.2 Å². The molecule has 0 atom stereocenters. The smallest absolute Gasteiger partial charge is 0.201 e. The first-order chi connectivity index (χ1) is 7.18. The topological polar surface area (TPSA) is 12.9 Å². The molecule has 0 amide bonds. The number of nitrogens with zero attached hydrogens (tertiary/aromatic N) is 1. The van der Waals surface area contributed by atoms with Gasteiger partial charge in [0.05, 0.1) is 10.5 Å². The summed E-state index contributed by atoms with van der Waals surface area (Å²) in [6.07, 6.45) is 0. The highest BCUT2D eigenvalue weighted by Crippen LogP contribution is 2.61. The Bertz CT molecular complexity index is 472. The van der Waals surface area contributed by atoms with Gasteiger partial charge in [-0.15, -0.1) is 0 Å². The molecule has 0 fully saturated rings. The van der Waals surface area contributed by atoms with Gasteiger partial charge in [0.15, 0.2) is 5.82 Å². The fraction of sp³-hybridized carbons (Fsp3) is 0.286. The first kappa shape index (κ1) is 11.5. The number of pyridine rings is 1. The van der Waals surface area contributed by atoms with Crippen molar-refractivity contribution in [2.24, 2.45) is 0 Å². The Hall–Kier alpha value is -0.990.